The lowest BCUT2D eigenvalue weighted by Gasteiger charge is -2.40. The van der Waals surface area contributed by atoms with E-state index in [1.165, 1.54) is 12.1 Å². The van der Waals surface area contributed by atoms with Gasteiger partial charge in [0.1, 0.15) is 17.4 Å². The van der Waals surface area contributed by atoms with Crippen molar-refractivity contribution in [3.05, 3.63) is 71.2 Å². The van der Waals surface area contributed by atoms with Crippen molar-refractivity contribution in [1.29, 1.82) is 0 Å². The van der Waals surface area contributed by atoms with E-state index in [1.807, 2.05) is 45.0 Å². The molecule has 0 unspecified atom stereocenters. The Labute approximate surface area is 236 Å². The van der Waals surface area contributed by atoms with E-state index in [0.717, 1.165) is 65.3 Å². The number of hydrazine groups is 1. The third-order valence-corrected chi connectivity index (χ3v) is 7.45. The molecule has 4 rings (SSSR count). The summed E-state index contributed by atoms with van der Waals surface area (Å²) < 4.78 is 24.7. The number of pyridine rings is 1. The van der Waals surface area contributed by atoms with Crippen molar-refractivity contribution in [2.24, 2.45) is 11.3 Å². The zero-order valence-corrected chi connectivity index (χ0v) is 24.2. The van der Waals surface area contributed by atoms with E-state index in [0.29, 0.717) is 18.8 Å². The van der Waals surface area contributed by atoms with Crippen LogP contribution >= 0.6 is 0 Å². The van der Waals surface area contributed by atoms with Crippen LogP contribution in [-0.4, -0.2) is 36.8 Å². The monoisotopic (exact) mass is 548 g/mol. The number of rotatable bonds is 10. The zero-order valence-electron chi connectivity index (χ0n) is 24.2. The molecular formula is C32H41FN4O3. The molecule has 0 bridgehead atoms. The minimum Gasteiger partial charge on any atom is -0.493 e. The number of anilines is 2. The molecule has 1 saturated heterocycles. The van der Waals surface area contributed by atoms with E-state index < -0.39 is 0 Å². The van der Waals surface area contributed by atoms with E-state index in [-0.39, 0.29) is 29.7 Å². The van der Waals surface area contributed by atoms with E-state index in [4.69, 9.17) is 20.3 Å². The molecule has 0 radical (unpaired) electrons. The number of carbonyl (C=O) groups excluding carboxylic acids is 1. The summed E-state index contributed by atoms with van der Waals surface area (Å²) in [5, 5.41) is 0. The molecule has 214 valence electrons. The molecule has 7 nitrogen and oxygen atoms in total. The molecule has 1 aliphatic rings. The number of piperidine rings is 1. The van der Waals surface area contributed by atoms with Gasteiger partial charge in [0.05, 0.1) is 24.8 Å². The Hall–Kier alpha value is -3.65. The molecule has 0 atom stereocenters. The summed E-state index contributed by atoms with van der Waals surface area (Å²) >= 11 is 0. The summed E-state index contributed by atoms with van der Waals surface area (Å²) in [6, 6.07) is 14.3. The molecule has 2 heterocycles. The maximum atomic E-state index is 13.2. The molecule has 40 heavy (non-hydrogen) atoms. The number of ether oxygens (including phenoxy) is 2. The Balaban J connectivity index is 1.66. The van der Waals surface area contributed by atoms with Gasteiger partial charge in [0.15, 0.2) is 0 Å². The number of aryl methyl sites for hydroxylation is 1. The molecule has 0 aliphatic carbocycles. The fraction of sp³-hybridized carbons (Fsp3) is 0.438. The predicted molar refractivity (Wildman–Crippen MR) is 158 cm³/mol. The summed E-state index contributed by atoms with van der Waals surface area (Å²) in [7, 11) is 0. The fourth-order valence-corrected chi connectivity index (χ4v) is 5.10. The van der Waals surface area contributed by atoms with E-state index in [2.05, 4.69) is 24.2 Å². The van der Waals surface area contributed by atoms with E-state index in [1.54, 1.807) is 12.1 Å². The van der Waals surface area contributed by atoms with Crippen LogP contribution < -0.4 is 20.9 Å². The molecule has 1 aliphatic heterocycles. The maximum absolute atomic E-state index is 13.2. The topological polar surface area (TPSA) is 89.7 Å². The van der Waals surface area contributed by atoms with Crippen LogP contribution in [0.25, 0.3) is 11.1 Å². The number of esters is 1. The minimum atomic E-state index is -0.275. The van der Waals surface area contributed by atoms with Crippen molar-refractivity contribution >= 4 is 17.5 Å². The molecule has 3 aromatic rings. The van der Waals surface area contributed by atoms with Gasteiger partial charge < -0.3 is 19.8 Å². The SMILES string of the molecule is Cc1nc(NN)c(-c2ccc(OCCc3ccc(F)cc3)cc2)c(N2CCC(C)(C)CC2)c1CC(=O)OC(C)C. The van der Waals surface area contributed by atoms with Crippen molar-refractivity contribution in [3.63, 3.8) is 0 Å². The maximum Gasteiger partial charge on any atom is 0.310 e. The number of nitrogens with two attached hydrogens (primary N) is 1. The van der Waals surface area contributed by atoms with Gasteiger partial charge in [0.25, 0.3) is 0 Å². The fourth-order valence-electron chi connectivity index (χ4n) is 5.10. The van der Waals surface area contributed by atoms with E-state index >= 15 is 0 Å². The highest BCUT2D eigenvalue weighted by Crippen LogP contribution is 2.43. The minimum absolute atomic E-state index is 0.134. The number of aromatic nitrogens is 1. The molecule has 0 amide bonds. The van der Waals surface area contributed by atoms with Gasteiger partial charge in [-0.15, -0.1) is 0 Å². The molecule has 2 aromatic carbocycles. The second-order valence-corrected chi connectivity index (χ2v) is 11.5. The Morgan fingerprint density at radius 3 is 2.35 bits per heavy atom. The Morgan fingerprint density at radius 2 is 1.75 bits per heavy atom. The number of nitrogens with zero attached hydrogens (tertiary/aromatic N) is 2. The zero-order chi connectivity index (χ0) is 28.9. The van der Waals surface area contributed by atoms with Crippen molar-refractivity contribution in [2.45, 2.75) is 66.4 Å². The number of benzene rings is 2. The van der Waals surface area contributed by atoms with Gasteiger partial charge in [-0.05, 0) is 74.4 Å². The van der Waals surface area contributed by atoms with Crippen molar-refractivity contribution in [3.8, 4) is 16.9 Å². The quantitative estimate of drug-likeness (QED) is 0.177. The molecule has 8 heteroatoms. The number of halogens is 1. The van der Waals surface area contributed by atoms with Crippen LogP contribution in [0.2, 0.25) is 0 Å². The molecule has 0 saturated carbocycles. The van der Waals surface area contributed by atoms with Gasteiger partial charge in [-0.3, -0.25) is 4.79 Å². The Bertz CT molecular complexity index is 1300. The summed E-state index contributed by atoms with van der Waals surface area (Å²) in [4.78, 5) is 20.0. The largest absolute Gasteiger partial charge is 0.493 e. The molecule has 1 fully saturated rings. The summed E-state index contributed by atoms with van der Waals surface area (Å²) in [5.41, 5.74) is 8.44. The highest BCUT2D eigenvalue weighted by Gasteiger charge is 2.31. The van der Waals surface area contributed by atoms with Crippen LogP contribution in [0.4, 0.5) is 15.9 Å². The lowest BCUT2D eigenvalue weighted by atomic mass is 9.82. The Kier molecular flexibility index (Phi) is 9.30. The van der Waals surface area contributed by atoms with Crippen molar-refractivity contribution < 1.29 is 18.7 Å². The normalized spacial score (nSPS) is 14.8. The Morgan fingerprint density at radius 1 is 1.10 bits per heavy atom. The first-order chi connectivity index (χ1) is 19.1. The summed E-state index contributed by atoms with van der Waals surface area (Å²) in [5.74, 6) is 6.77. The number of carbonyl (C=O) groups is 1. The second kappa shape index (κ2) is 12.7. The molecule has 1 aromatic heterocycles. The van der Waals surface area contributed by atoms with Crippen LogP contribution in [-0.2, 0) is 22.4 Å². The highest BCUT2D eigenvalue weighted by molar-refractivity contribution is 5.91. The third kappa shape index (κ3) is 7.30. The third-order valence-electron chi connectivity index (χ3n) is 7.45. The predicted octanol–water partition coefficient (Wildman–Crippen LogP) is 6.22. The summed E-state index contributed by atoms with van der Waals surface area (Å²) in [6.45, 7) is 12.4. The second-order valence-electron chi connectivity index (χ2n) is 11.5. The van der Waals surface area contributed by atoms with Crippen LogP contribution in [0.1, 0.15) is 57.4 Å². The standard InChI is InChI=1S/C32H41FN4O3/c1-21(2)40-28(38)20-27-22(3)35-31(36-34)29(30(27)37-17-15-32(4,5)16-18-37)24-8-12-26(13-9-24)39-19-14-23-6-10-25(33)11-7-23/h6-13,21H,14-20,34H2,1-5H3,(H,35,36). The van der Waals surface area contributed by atoms with Crippen molar-refractivity contribution in [1.82, 2.24) is 4.98 Å². The molecule has 3 N–H and O–H groups in total. The van der Waals surface area contributed by atoms with Crippen molar-refractivity contribution in [2.75, 3.05) is 30.0 Å². The number of hydrogen-bond acceptors (Lipinski definition) is 7. The summed E-state index contributed by atoms with van der Waals surface area (Å²) in [6.07, 6.45) is 2.69. The molecule has 0 spiro atoms. The smallest absolute Gasteiger partial charge is 0.310 e. The first-order valence-electron chi connectivity index (χ1n) is 14.0. The highest BCUT2D eigenvalue weighted by atomic mass is 19.1. The van der Waals surface area contributed by atoms with Crippen LogP contribution in [0.5, 0.6) is 5.75 Å². The average molecular weight is 549 g/mol. The van der Waals surface area contributed by atoms with Gasteiger partial charge in [-0.1, -0.05) is 38.1 Å². The van der Waals surface area contributed by atoms with Crippen LogP contribution in [0.15, 0.2) is 48.5 Å². The van der Waals surface area contributed by atoms with Crippen LogP contribution in [0.3, 0.4) is 0 Å². The number of nitrogen functional groups attached to an aromatic ring is 1. The van der Waals surface area contributed by atoms with Gasteiger partial charge in [-0.25, -0.2) is 15.2 Å². The van der Waals surface area contributed by atoms with Gasteiger partial charge >= 0.3 is 5.97 Å². The van der Waals surface area contributed by atoms with Gasteiger partial charge in [0.2, 0.25) is 0 Å². The average Bonchev–Trinajstić information content (AvgIpc) is 2.91. The first-order valence-corrected chi connectivity index (χ1v) is 14.0. The molecular weight excluding hydrogens is 507 g/mol. The van der Waals surface area contributed by atoms with Crippen LogP contribution in [0, 0.1) is 18.2 Å². The van der Waals surface area contributed by atoms with Gasteiger partial charge in [0, 0.05) is 36.3 Å². The number of hydrogen-bond donors (Lipinski definition) is 2. The lowest BCUT2D eigenvalue weighted by molar-refractivity contribution is -0.146. The van der Waals surface area contributed by atoms with E-state index in [9.17, 15) is 9.18 Å². The van der Waals surface area contributed by atoms with Gasteiger partial charge in [-0.2, -0.15) is 0 Å². The first kappa shape index (κ1) is 29.3. The number of nitrogens with one attached hydrogen (secondary N) is 1. The lowest BCUT2D eigenvalue weighted by Crippen LogP contribution is -2.38.